The molecule has 3 aromatic heterocycles. The van der Waals surface area contributed by atoms with Crippen LogP contribution in [0.2, 0.25) is 5.15 Å². The molecule has 0 unspecified atom stereocenters. The first-order valence-electron chi connectivity index (χ1n) is 11.7. The van der Waals surface area contributed by atoms with Crippen molar-refractivity contribution in [1.82, 2.24) is 24.8 Å². The van der Waals surface area contributed by atoms with Gasteiger partial charge in [0.15, 0.2) is 5.15 Å². The first kappa shape index (κ1) is 22.7. The summed E-state index contributed by atoms with van der Waals surface area (Å²) in [7, 11) is 0. The highest BCUT2D eigenvalue weighted by molar-refractivity contribution is 6.33. The number of nitrogens with one attached hydrogen (secondary N) is 2. The normalized spacial score (nSPS) is 20.7. The second-order valence-corrected chi connectivity index (χ2v) is 9.52. The molecule has 1 aliphatic heterocycles. The highest BCUT2D eigenvalue weighted by Gasteiger charge is 2.28. The van der Waals surface area contributed by atoms with Crippen molar-refractivity contribution in [3.63, 3.8) is 0 Å². The molecule has 178 valence electrons. The van der Waals surface area contributed by atoms with Crippen molar-refractivity contribution < 1.29 is 9.90 Å². The summed E-state index contributed by atoms with van der Waals surface area (Å²) in [6.07, 6.45) is 9.31. The second kappa shape index (κ2) is 10.1. The van der Waals surface area contributed by atoms with Crippen LogP contribution in [0.4, 0.5) is 11.8 Å². The van der Waals surface area contributed by atoms with E-state index >= 15 is 0 Å². The van der Waals surface area contributed by atoms with Gasteiger partial charge in [0.05, 0.1) is 12.5 Å². The topological polar surface area (TPSA) is 116 Å². The molecule has 0 bridgehead atoms. The zero-order valence-electron chi connectivity index (χ0n) is 18.8. The van der Waals surface area contributed by atoms with Crippen LogP contribution in [0.1, 0.15) is 31.2 Å². The molecule has 34 heavy (non-hydrogen) atoms. The number of aliphatic hydroxyl groups excluding tert-OH is 1. The van der Waals surface area contributed by atoms with Gasteiger partial charge in [-0.1, -0.05) is 11.6 Å². The Morgan fingerprint density at radius 1 is 1.09 bits per heavy atom. The van der Waals surface area contributed by atoms with Crippen LogP contribution in [-0.4, -0.2) is 67.6 Å². The van der Waals surface area contributed by atoms with Crippen LogP contribution in [0.25, 0.3) is 10.9 Å². The van der Waals surface area contributed by atoms with Gasteiger partial charge in [0.2, 0.25) is 11.9 Å². The van der Waals surface area contributed by atoms with Gasteiger partial charge in [-0.2, -0.15) is 0 Å². The van der Waals surface area contributed by atoms with E-state index in [1.807, 2.05) is 18.2 Å². The lowest BCUT2D eigenvalue weighted by Gasteiger charge is -2.35. The van der Waals surface area contributed by atoms with Gasteiger partial charge < -0.3 is 20.6 Å². The molecule has 2 aliphatic rings. The van der Waals surface area contributed by atoms with Crippen LogP contribution >= 0.6 is 11.6 Å². The third-order valence-electron chi connectivity index (χ3n) is 6.59. The number of hydrogen-bond acceptors (Lipinski definition) is 8. The third-order valence-corrected chi connectivity index (χ3v) is 6.86. The molecule has 10 heteroatoms. The lowest BCUT2D eigenvalue weighted by atomic mass is 9.86. The van der Waals surface area contributed by atoms with E-state index in [4.69, 9.17) is 11.6 Å². The average Bonchev–Trinajstić information content (AvgIpc) is 2.83. The van der Waals surface area contributed by atoms with Crippen molar-refractivity contribution in [1.29, 1.82) is 0 Å². The molecule has 4 heterocycles. The van der Waals surface area contributed by atoms with Crippen molar-refractivity contribution in [3.8, 4) is 0 Å². The molecule has 2 fully saturated rings. The number of fused-ring (bicyclic) bond motifs is 1. The van der Waals surface area contributed by atoms with E-state index in [-0.39, 0.29) is 18.4 Å². The highest BCUT2D eigenvalue weighted by Crippen LogP contribution is 2.28. The minimum absolute atomic E-state index is 0.00127. The minimum Gasteiger partial charge on any atom is -0.389 e. The third kappa shape index (κ3) is 5.37. The molecular formula is C24H28ClN7O2. The Hall–Kier alpha value is -3.04. The smallest absolute Gasteiger partial charge is 0.227 e. The van der Waals surface area contributed by atoms with Gasteiger partial charge in [-0.05, 0) is 55.4 Å². The predicted molar refractivity (Wildman–Crippen MR) is 131 cm³/mol. The SMILES string of the molecule is O=C(Cc1cnc(NC[C@H]2CC[C@H](Nc3ccc4ccnc(Cl)c4n3)CC2)nc1)N1CC(O)C1. The van der Waals surface area contributed by atoms with Crippen LogP contribution < -0.4 is 10.6 Å². The molecule has 0 spiro atoms. The monoisotopic (exact) mass is 481 g/mol. The molecule has 3 aromatic rings. The summed E-state index contributed by atoms with van der Waals surface area (Å²) >= 11 is 6.19. The fourth-order valence-corrected chi connectivity index (χ4v) is 4.74. The van der Waals surface area contributed by atoms with Crippen LogP contribution in [0.15, 0.2) is 36.8 Å². The molecule has 9 nitrogen and oxygen atoms in total. The molecule has 1 saturated carbocycles. The molecule has 0 atom stereocenters. The van der Waals surface area contributed by atoms with E-state index in [0.29, 0.717) is 36.2 Å². The van der Waals surface area contributed by atoms with Crippen molar-refractivity contribution in [2.24, 2.45) is 5.92 Å². The first-order valence-corrected chi connectivity index (χ1v) is 12.1. The van der Waals surface area contributed by atoms with E-state index < -0.39 is 0 Å². The summed E-state index contributed by atoms with van der Waals surface area (Å²) in [5, 5.41) is 17.6. The standard InChI is InChI=1S/C24H28ClN7O2/c25-23-22-17(7-8-26-23)3-6-20(31-22)30-18-4-1-15(2-5-18)10-27-24-28-11-16(12-29-24)9-21(34)32-13-19(33)14-32/h3,6-8,11-12,15,18-19,33H,1-2,4-5,9-10,13-14H2,(H,30,31)(H,27,28,29)/t15-,18-. The number of β-amino-alcohol motifs (C(OH)–C–C–N with tert-alkyl or cyclic N) is 1. The number of likely N-dealkylation sites (tertiary alicyclic amines) is 1. The maximum absolute atomic E-state index is 12.1. The number of aromatic nitrogens is 4. The van der Waals surface area contributed by atoms with Crippen molar-refractivity contribution in [2.75, 3.05) is 30.3 Å². The largest absolute Gasteiger partial charge is 0.389 e. The maximum atomic E-state index is 12.1. The number of carbonyl (C=O) groups is 1. The van der Waals surface area contributed by atoms with E-state index in [2.05, 4.69) is 30.6 Å². The van der Waals surface area contributed by atoms with Crippen LogP contribution in [0.5, 0.6) is 0 Å². The van der Waals surface area contributed by atoms with Gasteiger partial charge in [0.1, 0.15) is 11.3 Å². The van der Waals surface area contributed by atoms with Crippen LogP contribution in [0.3, 0.4) is 0 Å². The quantitative estimate of drug-likeness (QED) is 0.441. The summed E-state index contributed by atoms with van der Waals surface area (Å²) in [5.41, 5.74) is 1.50. The van der Waals surface area contributed by atoms with Crippen molar-refractivity contribution in [3.05, 3.63) is 47.5 Å². The average molecular weight is 482 g/mol. The van der Waals surface area contributed by atoms with Gasteiger partial charge in [-0.25, -0.2) is 19.9 Å². The molecule has 3 N–H and O–H groups in total. The van der Waals surface area contributed by atoms with E-state index in [9.17, 15) is 9.90 Å². The summed E-state index contributed by atoms with van der Waals surface area (Å²) in [4.78, 5) is 31.2. The number of hydrogen-bond donors (Lipinski definition) is 3. The fourth-order valence-electron chi connectivity index (χ4n) is 4.53. The Morgan fingerprint density at radius 2 is 1.85 bits per heavy atom. The number of amides is 1. The number of pyridine rings is 2. The minimum atomic E-state index is -0.385. The Morgan fingerprint density at radius 3 is 2.59 bits per heavy atom. The second-order valence-electron chi connectivity index (χ2n) is 9.16. The van der Waals surface area contributed by atoms with E-state index in [1.165, 1.54) is 0 Å². The number of aliphatic hydroxyl groups is 1. The summed E-state index contributed by atoms with van der Waals surface area (Å²) < 4.78 is 0. The predicted octanol–water partition coefficient (Wildman–Crippen LogP) is 2.90. The molecular weight excluding hydrogens is 454 g/mol. The van der Waals surface area contributed by atoms with Gasteiger partial charge in [-0.3, -0.25) is 4.79 Å². The summed E-state index contributed by atoms with van der Waals surface area (Å²) in [5.74, 6) is 1.98. The van der Waals surface area contributed by atoms with Gasteiger partial charge in [0.25, 0.3) is 0 Å². The van der Waals surface area contributed by atoms with Crippen LogP contribution in [-0.2, 0) is 11.2 Å². The number of nitrogens with zero attached hydrogens (tertiary/aromatic N) is 5. The van der Waals surface area contributed by atoms with Crippen molar-refractivity contribution >= 4 is 40.2 Å². The van der Waals surface area contributed by atoms with Gasteiger partial charge in [0, 0.05) is 49.7 Å². The van der Waals surface area contributed by atoms with Crippen LogP contribution in [0, 0.1) is 5.92 Å². The molecule has 1 saturated heterocycles. The van der Waals surface area contributed by atoms with Gasteiger partial charge >= 0.3 is 0 Å². The molecule has 0 aromatic carbocycles. The van der Waals surface area contributed by atoms with Crippen molar-refractivity contribution in [2.45, 2.75) is 44.2 Å². The number of halogens is 1. The number of carbonyl (C=O) groups excluding carboxylic acids is 1. The summed E-state index contributed by atoms with van der Waals surface area (Å²) in [6.45, 7) is 1.66. The zero-order valence-corrected chi connectivity index (χ0v) is 19.6. The molecule has 0 radical (unpaired) electrons. The first-order chi connectivity index (χ1) is 16.5. The summed E-state index contributed by atoms with van der Waals surface area (Å²) in [6, 6.07) is 6.31. The number of rotatable bonds is 7. The molecule has 1 aliphatic carbocycles. The Labute approximate surface area is 203 Å². The lowest BCUT2D eigenvalue weighted by molar-refractivity contribution is -0.140. The Kier molecular flexibility index (Phi) is 6.73. The maximum Gasteiger partial charge on any atom is 0.227 e. The Bertz CT molecular complexity index is 1150. The number of anilines is 2. The Balaban J connectivity index is 1.05. The van der Waals surface area contributed by atoms with Gasteiger partial charge in [-0.15, -0.1) is 0 Å². The fraction of sp³-hybridized carbons (Fsp3) is 0.458. The van der Waals surface area contributed by atoms with E-state index in [1.54, 1.807) is 23.5 Å². The lowest BCUT2D eigenvalue weighted by Crippen LogP contribution is -2.53. The molecule has 5 rings (SSSR count). The highest BCUT2D eigenvalue weighted by atomic mass is 35.5. The zero-order chi connectivity index (χ0) is 23.5. The molecule has 1 amide bonds. The van der Waals surface area contributed by atoms with E-state index in [0.717, 1.165) is 54.5 Å².